The number of halogens is 2. The molecule has 0 aliphatic carbocycles. The number of aromatic carboxylic acids is 1. The summed E-state index contributed by atoms with van der Waals surface area (Å²) in [6.45, 7) is 1.06. The average Bonchev–Trinajstić information content (AvgIpc) is 2.26. The second-order valence-electron chi connectivity index (χ2n) is 4.05. The highest BCUT2D eigenvalue weighted by atomic mass is 19.3. The van der Waals surface area contributed by atoms with Crippen LogP contribution in [0, 0.1) is 5.92 Å². The van der Waals surface area contributed by atoms with Crippen LogP contribution in [0.4, 0.5) is 8.78 Å². The summed E-state index contributed by atoms with van der Waals surface area (Å²) >= 11 is 0. The maximum Gasteiger partial charge on any atom is 0.387 e. The van der Waals surface area contributed by atoms with Gasteiger partial charge in [-0.25, -0.2) is 4.79 Å². The number of carboxylic acids is 1. The molecule has 0 saturated carbocycles. The van der Waals surface area contributed by atoms with Crippen LogP contribution in [0.25, 0.3) is 0 Å². The van der Waals surface area contributed by atoms with Gasteiger partial charge in [0.1, 0.15) is 0 Å². The Balaban J connectivity index is 2.97. The topological polar surface area (TPSA) is 55.8 Å². The number of carbonyl (C=O) groups is 1. The summed E-state index contributed by atoms with van der Waals surface area (Å²) in [4.78, 5) is 10.8. The Morgan fingerprint density at radius 1 is 1.33 bits per heavy atom. The van der Waals surface area contributed by atoms with E-state index in [0.29, 0.717) is 0 Å². The molecule has 0 saturated heterocycles. The van der Waals surface area contributed by atoms with E-state index < -0.39 is 12.6 Å². The lowest BCUT2D eigenvalue weighted by Crippen LogP contribution is -2.09. The van der Waals surface area contributed by atoms with Crippen LogP contribution in [0.15, 0.2) is 18.2 Å². The van der Waals surface area contributed by atoms with Crippen molar-refractivity contribution in [2.45, 2.75) is 20.5 Å². The van der Waals surface area contributed by atoms with Crippen LogP contribution in [0.3, 0.4) is 0 Å². The Labute approximate surface area is 103 Å². The molecule has 0 aromatic heterocycles. The highest BCUT2D eigenvalue weighted by molar-refractivity contribution is 5.88. The number of hydrogen-bond acceptors (Lipinski definition) is 3. The monoisotopic (exact) mass is 260 g/mol. The highest BCUT2D eigenvalue weighted by Crippen LogP contribution is 2.30. The number of benzene rings is 1. The predicted octanol–water partition coefficient (Wildman–Crippen LogP) is 3.02. The fraction of sp³-hybridized carbons (Fsp3) is 0.417. The molecule has 0 spiro atoms. The highest BCUT2D eigenvalue weighted by Gasteiger charge is 2.14. The molecule has 1 N–H and O–H groups in total. The van der Waals surface area contributed by atoms with Gasteiger partial charge in [0.15, 0.2) is 11.5 Å². The van der Waals surface area contributed by atoms with Crippen LogP contribution in [-0.4, -0.2) is 24.3 Å². The van der Waals surface area contributed by atoms with Crippen molar-refractivity contribution in [2.75, 3.05) is 6.61 Å². The van der Waals surface area contributed by atoms with Crippen LogP contribution in [0.1, 0.15) is 24.2 Å². The van der Waals surface area contributed by atoms with Crippen molar-refractivity contribution in [3.8, 4) is 11.5 Å². The summed E-state index contributed by atoms with van der Waals surface area (Å²) < 4.78 is 33.9. The van der Waals surface area contributed by atoms with Gasteiger partial charge in [-0.2, -0.15) is 8.78 Å². The Hall–Kier alpha value is -1.85. The molecule has 18 heavy (non-hydrogen) atoms. The molecular weight excluding hydrogens is 246 g/mol. The zero-order chi connectivity index (χ0) is 13.7. The summed E-state index contributed by atoms with van der Waals surface area (Å²) in [5, 5.41) is 8.81. The minimum absolute atomic E-state index is 0.00361. The molecule has 1 rings (SSSR count). The third-order valence-electron chi connectivity index (χ3n) is 1.98. The Morgan fingerprint density at radius 3 is 2.50 bits per heavy atom. The van der Waals surface area contributed by atoms with Gasteiger partial charge in [-0.3, -0.25) is 0 Å². The fourth-order valence-electron chi connectivity index (χ4n) is 1.20. The lowest BCUT2D eigenvalue weighted by atomic mass is 10.2. The normalized spacial score (nSPS) is 10.8. The maximum absolute atomic E-state index is 12.2. The van der Waals surface area contributed by atoms with Gasteiger partial charge in [-0.05, 0) is 24.1 Å². The summed E-state index contributed by atoms with van der Waals surface area (Å²) in [6.07, 6.45) is 0. The predicted molar refractivity (Wildman–Crippen MR) is 60.4 cm³/mol. The van der Waals surface area contributed by atoms with Crippen LogP contribution in [0.2, 0.25) is 0 Å². The van der Waals surface area contributed by atoms with E-state index in [9.17, 15) is 13.6 Å². The summed E-state index contributed by atoms with van der Waals surface area (Å²) in [7, 11) is 0. The molecule has 0 bridgehead atoms. The van der Waals surface area contributed by atoms with Crippen molar-refractivity contribution in [3.63, 3.8) is 0 Å². The lowest BCUT2D eigenvalue weighted by Gasteiger charge is -2.14. The van der Waals surface area contributed by atoms with E-state index in [1.165, 1.54) is 12.1 Å². The van der Waals surface area contributed by atoms with Crippen LogP contribution in [-0.2, 0) is 0 Å². The Bertz CT molecular complexity index is 419. The van der Waals surface area contributed by atoms with Crippen molar-refractivity contribution < 1.29 is 28.2 Å². The molecular formula is C12H14F2O4. The number of hydrogen-bond donors (Lipinski definition) is 1. The van der Waals surface area contributed by atoms with E-state index in [2.05, 4.69) is 4.74 Å². The van der Waals surface area contributed by atoms with Gasteiger partial charge in [-0.1, -0.05) is 13.8 Å². The molecule has 6 heteroatoms. The number of ether oxygens (including phenoxy) is 2. The van der Waals surface area contributed by atoms with Crippen molar-refractivity contribution in [2.24, 2.45) is 5.92 Å². The molecule has 0 aliphatic rings. The minimum Gasteiger partial charge on any atom is -0.489 e. The third-order valence-corrected chi connectivity index (χ3v) is 1.98. The van der Waals surface area contributed by atoms with Crippen molar-refractivity contribution in [1.29, 1.82) is 0 Å². The number of alkyl halides is 2. The number of carboxylic acid groups (broad SMARTS) is 1. The maximum atomic E-state index is 12.2. The molecule has 0 radical (unpaired) electrons. The molecule has 100 valence electrons. The van der Waals surface area contributed by atoms with Gasteiger partial charge in [-0.15, -0.1) is 0 Å². The molecule has 1 aromatic rings. The van der Waals surface area contributed by atoms with Gasteiger partial charge in [0.2, 0.25) is 0 Å². The molecule has 1 aromatic carbocycles. The summed E-state index contributed by atoms with van der Waals surface area (Å²) in [6, 6.07) is 3.51. The largest absolute Gasteiger partial charge is 0.489 e. The first kappa shape index (κ1) is 14.2. The molecule has 4 nitrogen and oxygen atoms in total. The SMILES string of the molecule is CC(C)COc1cc(C(=O)O)ccc1OC(F)F. The van der Waals surface area contributed by atoms with Crippen molar-refractivity contribution >= 4 is 5.97 Å². The van der Waals surface area contributed by atoms with E-state index in [4.69, 9.17) is 9.84 Å². The molecule has 0 unspecified atom stereocenters. The quantitative estimate of drug-likeness (QED) is 0.854. The average molecular weight is 260 g/mol. The molecule has 0 amide bonds. The molecule has 0 aliphatic heterocycles. The second-order valence-corrected chi connectivity index (χ2v) is 4.05. The Morgan fingerprint density at radius 2 is 2.00 bits per heavy atom. The van der Waals surface area contributed by atoms with Crippen LogP contribution >= 0.6 is 0 Å². The zero-order valence-electron chi connectivity index (χ0n) is 10.0. The molecule has 0 heterocycles. The van der Waals surface area contributed by atoms with Crippen LogP contribution in [0.5, 0.6) is 11.5 Å². The van der Waals surface area contributed by atoms with Crippen LogP contribution < -0.4 is 9.47 Å². The first-order valence-electron chi connectivity index (χ1n) is 5.35. The van der Waals surface area contributed by atoms with Crippen molar-refractivity contribution in [3.05, 3.63) is 23.8 Å². The zero-order valence-corrected chi connectivity index (χ0v) is 10.0. The fourth-order valence-corrected chi connectivity index (χ4v) is 1.20. The number of rotatable bonds is 6. The van der Waals surface area contributed by atoms with Gasteiger partial charge < -0.3 is 14.6 Å². The van der Waals surface area contributed by atoms with Gasteiger partial charge in [0.25, 0.3) is 0 Å². The van der Waals surface area contributed by atoms with Crippen molar-refractivity contribution in [1.82, 2.24) is 0 Å². The molecule has 0 fully saturated rings. The first-order valence-corrected chi connectivity index (χ1v) is 5.35. The Kier molecular flexibility index (Phi) is 4.88. The third kappa shape index (κ3) is 4.20. The smallest absolute Gasteiger partial charge is 0.387 e. The molecule has 0 atom stereocenters. The van der Waals surface area contributed by atoms with Gasteiger partial charge in [0.05, 0.1) is 12.2 Å². The lowest BCUT2D eigenvalue weighted by molar-refractivity contribution is -0.0515. The summed E-state index contributed by atoms with van der Waals surface area (Å²) in [5.74, 6) is -1.15. The summed E-state index contributed by atoms with van der Waals surface area (Å²) in [5.41, 5.74) is -0.0460. The van der Waals surface area contributed by atoms with E-state index in [1.54, 1.807) is 0 Å². The van der Waals surface area contributed by atoms with E-state index in [-0.39, 0.29) is 29.6 Å². The standard InChI is InChI=1S/C12H14F2O4/c1-7(2)6-17-10-5-8(11(15)16)3-4-9(10)18-12(13)14/h3-5,7,12H,6H2,1-2H3,(H,15,16). The van der Waals surface area contributed by atoms with Gasteiger partial charge in [0, 0.05) is 0 Å². The van der Waals surface area contributed by atoms with E-state index in [1.807, 2.05) is 13.8 Å². The van der Waals surface area contributed by atoms with E-state index >= 15 is 0 Å². The second kappa shape index (κ2) is 6.18. The first-order chi connectivity index (χ1) is 8.40. The van der Waals surface area contributed by atoms with E-state index in [0.717, 1.165) is 6.07 Å². The minimum atomic E-state index is -2.98. The van der Waals surface area contributed by atoms with Gasteiger partial charge >= 0.3 is 12.6 Å².